The number of ether oxygens (including phenoxy) is 1. The van der Waals surface area contributed by atoms with E-state index < -0.39 is 40.4 Å². The van der Waals surface area contributed by atoms with Crippen LogP contribution in [0.1, 0.15) is 18.6 Å². The molecule has 1 aliphatic heterocycles. The number of rotatable bonds is 3. The van der Waals surface area contributed by atoms with Gasteiger partial charge in [-0.05, 0) is 24.6 Å². The van der Waals surface area contributed by atoms with E-state index in [-0.39, 0.29) is 4.90 Å². The van der Waals surface area contributed by atoms with E-state index in [0.29, 0.717) is 5.56 Å². The average molecular weight is 302 g/mol. The fourth-order valence-corrected chi connectivity index (χ4v) is 2.94. The summed E-state index contributed by atoms with van der Waals surface area (Å²) in [7, 11) is -3.38. The van der Waals surface area contributed by atoms with Crippen LogP contribution in [0, 0.1) is 0 Å². The maximum atomic E-state index is 11.5. The second kappa shape index (κ2) is 5.42. The van der Waals surface area contributed by atoms with Crippen molar-refractivity contribution < 1.29 is 28.5 Å². The molecule has 0 amide bonds. The van der Waals surface area contributed by atoms with Gasteiger partial charge in [0.1, 0.15) is 24.4 Å². The first-order chi connectivity index (χ1) is 9.21. The largest absolute Gasteiger partial charge is 0.388 e. The molecule has 1 heterocycles. The first kappa shape index (κ1) is 15.4. The summed E-state index contributed by atoms with van der Waals surface area (Å²) in [5.41, 5.74) is 0.318. The molecule has 0 saturated carbocycles. The smallest absolute Gasteiger partial charge is 0.175 e. The van der Waals surface area contributed by atoms with Crippen molar-refractivity contribution in [3.63, 3.8) is 0 Å². The van der Waals surface area contributed by atoms with Crippen LogP contribution in [0.15, 0.2) is 29.2 Å². The van der Waals surface area contributed by atoms with Gasteiger partial charge in [0.15, 0.2) is 9.84 Å². The minimum absolute atomic E-state index is 0.0788. The molecule has 0 unspecified atom stereocenters. The van der Waals surface area contributed by atoms with Crippen molar-refractivity contribution in [1.29, 1.82) is 0 Å². The van der Waals surface area contributed by atoms with E-state index >= 15 is 0 Å². The SMILES string of the molecule is C[C@@H]1O[C@H]([C@H](O)c2cccc(S(C)(=O)=O)c2)[C@@H](O)[C@H]1O. The molecule has 0 radical (unpaired) electrons. The maximum absolute atomic E-state index is 11.5. The van der Waals surface area contributed by atoms with Crippen molar-refractivity contribution >= 4 is 9.84 Å². The molecule has 1 aliphatic rings. The Hall–Kier alpha value is -0.990. The molecule has 0 aromatic heterocycles. The van der Waals surface area contributed by atoms with E-state index in [1.165, 1.54) is 18.2 Å². The van der Waals surface area contributed by atoms with Crippen LogP contribution in [0.3, 0.4) is 0 Å². The Kier molecular flexibility index (Phi) is 4.17. The normalized spacial score (nSPS) is 32.2. The molecule has 6 nitrogen and oxygen atoms in total. The molecule has 1 fully saturated rings. The molecule has 1 aromatic rings. The number of sulfone groups is 1. The minimum atomic E-state index is -3.38. The van der Waals surface area contributed by atoms with Crippen LogP contribution < -0.4 is 0 Å². The second-order valence-corrected chi connectivity index (χ2v) is 7.09. The quantitative estimate of drug-likeness (QED) is 0.704. The molecule has 20 heavy (non-hydrogen) atoms. The molecule has 3 N–H and O–H groups in total. The summed E-state index contributed by atoms with van der Waals surface area (Å²) in [6.45, 7) is 1.59. The predicted octanol–water partition coefficient (Wildman–Crippen LogP) is -0.367. The van der Waals surface area contributed by atoms with Crippen LogP contribution in [-0.4, -0.2) is 54.4 Å². The lowest BCUT2D eigenvalue weighted by atomic mass is 9.99. The van der Waals surface area contributed by atoms with E-state index in [0.717, 1.165) is 6.26 Å². The third-order valence-electron chi connectivity index (χ3n) is 3.48. The maximum Gasteiger partial charge on any atom is 0.175 e. The molecule has 1 aromatic carbocycles. The van der Waals surface area contributed by atoms with Crippen molar-refractivity contribution in [1.82, 2.24) is 0 Å². The fourth-order valence-electron chi connectivity index (χ4n) is 2.26. The molecule has 5 atom stereocenters. The van der Waals surface area contributed by atoms with Crippen molar-refractivity contribution in [2.75, 3.05) is 6.26 Å². The highest BCUT2D eigenvalue weighted by atomic mass is 32.2. The number of benzene rings is 1. The van der Waals surface area contributed by atoms with Gasteiger partial charge in [0, 0.05) is 6.26 Å². The van der Waals surface area contributed by atoms with Gasteiger partial charge in [0.25, 0.3) is 0 Å². The molecule has 0 aliphatic carbocycles. The lowest BCUT2D eigenvalue weighted by molar-refractivity contribution is -0.0636. The van der Waals surface area contributed by atoms with Crippen molar-refractivity contribution in [2.24, 2.45) is 0 Å². The van der Waals surface area contributed by atoms with Crippen molar-refractivity contribution in [3.8, 4) is 0 Å². The summed E-state index contributed by atoms with van der Waals surface area (Å²) in [6, 6.07) is 5.82. The van der Waals surface area contributed by atoms with Crippen molar-refractivity contribution in [3.05, 3.63) is 29.8 Å². The molecule has 7 heteroatoms. The van der Waals surface area contributed by atoms with Gasteiger partial charge >= 0.3 is 0 Å². The Balaban J connectivity index is 2.28. The van der Waals surface area contributed by atoms with Crippen LogP contribution in [0.2, 0.25) is 0 Å². The van der Waals surface area contributed by atoms with Gasteiger partial charge in [-0.3, -0.25) is 0 Å². The summed E-state index contributed by atoms with van der Waals surface area (Å²) in [4.78, 5) is 0.0788. The molecular weight excluding hydrogens is 284 g/mol. The first-order valence-corrected chi connectivity index (χ1v) is 8.10. The molecular formula is C13H18O6S. The number of hydrogen-bond donors (Lipinski definition) is 3. The van der Waals surface area contributed by atoms with Gasteiger partial charge in [-0.25, -0.2) is 8.42 Å². The number of hydrogen-bond acceptors (Lipinski definition) is 6. The van der Waals surface area contributed by atoms with E-state index in [2.05, 4.69) is 0 Å². The molecule has 0 spiro atoms. The van der Waals surface area contributed by atoms with Crippen LogP contribution >= 0.6 is 0 Å². The third kappa shape index (κ3) is 2.87. The molecule has 0 bridgehead atoms. The molecule has 2 rings (SSSR count). The molecule has 1 saturated heterocycles. The summed E-state index contributed by atoms with van der Waals surface area (Å²) in [5, 5.41) is 29.7. The Bertz CT molecular complexity index is 584. The monoisotopic (exact) mass is 302 g/mol. The first-order valence-electron chi connectivity index (χ1n) is 6.21. The zero-order chi connectivity index (χ0) is 15.1. The van der Waals surface area contributed by atoms with Crippen LogP contribution in [0.4, 0.5) is 0 Å². The third-order valence-corrected chi connectivity index (χ3v) is 4.59. The molecule has 112 valence electrons. The van der Waals surface area contributed by atoms with E-state index in [1.54, 1.807) is 13.0 Å². The minimum Gasteiger partial charge on any atom is -0.388 e. The van der Waals surface area contributed by atoms with E-state index in [4.69, 9.17) is 4.74 Å². The highest BCUT2D eigenvalue weighted by Crippen LogP contribution is 2.31. The van der Waals surface area contributed by atoms with Gasteiger partial charge < -0.3 is 20.1 Å². The van der Waals surface area contributed by atoms with Crippen molar-refractivity contribution in [2.45, 2.75) is 42.3 Å². The summed E-state index contributed by atoms with van der Waals surface area (Å²) < 4.78 is 28.3. The Morgan fingerprint density at radius 2 is 1.90 bits per heavy atom. The standard InChI is InChI=1S/C13H18O6S/c1-7-10(14)12(16)13(19-7)11(15)8-4-3-5-9(6-8)20(2,17)18/h3-7,10-16H,1-2H3/t7-,10-,11+,12-,13+/m0/s1. The summed E-state index contributed by atoms with van der Waals surface area (Å²) in [5.74, 6) is 0. The van der Waals surface area contributed by atoms with Gasteiger partial charge in [0.05, 0.1) is 11.0 Å². The zero-order valence-corrected chi connectivity index (χ0v) is 12.0. The number of aliphatic hydroxyl groups excluding tert-OH is 3. The average Bonchev–Trinajstić information content (AvgIpc) is 2.65. The van der Waals surface area contributed by atoms with Crippen LogP contribution in [0.5, 0.6) is 0 Å². The Morgan fingerprint density at radius 3 is 2.40 bits per heavy atom. The highest BCUT2D eigenvalue weighted by molar-refractivity contribution is 7.90. The summed E-state index contributed by atoms with van der Waals surface area (Å²) >= 11 is 0. The lowest BCUT2D eigenvalue weighted by Crippen LogP contribution is -2.34. The Morgan fingerprint density at radius 1 is 1.25 bits per heavy atom. The van der Waals surface area contributed by atoms with Gasteiger partial charge in [-0.1, -0.05) is 12.1 Å². The predicted molar refractivity (Wildman–Crippen MR) is 70.9 cm³/mol. The lowest BCUT2D eigenvalue weighted by Gasteiger charge is -2.21. The topological polar surface area (TPSA) is 104 Å². The number of aliphatic hydroxyl groups is 3. The van der Waals surface area contributed by atoms with E-state index in [1.807, 2.05) is 0 Å². The van der Waals surface area contributed by atoms with Crippen LogP contribution in [-0.2, 0) is 14.6 Å². The Labute approximate surface area is 117 Å². The van der Waals surface area contributed by atoms with Gasteiger partial charge in [-0.15, -0.1) is 0 Å². The highest BCUT2D eigenvalue weighted by Gasteiger charge is 2.44. The summed E-state index contributed by atoms with van der Waals surface area (Å²) in [6.07, 6.45) is -4.02. The van der Waals surface area contributed by atoms with E-state index in [9.17, 15) is 23.7 Å². The second-order valence-electron chi connectivity index (χ2n) is 5.08. The fraction of sp³-hybridized carbons (Fsp3) is 0.538. The van der Waals surface area contributed by atoms with Crippen LogP contribution in [0.25, 0.3) is 0 Å². The zero-order valence-electron chi connectivity index (χ0n) is 11.2. The van der Waals surface area contributed by atoms with Gasteiger partial charge in [-0.2, -0.15) is 0 Å². The van der Waals surface area contributed by atoms with Gasteiger partial charge in [0.2, 0.25) is 0 Å².